The molecule has 2 heterocycles. The summed E-state index contributed by atoms with van der Waals surface area (Å²) in [5.74, 6) is -2.43. The second-order valence-corrected chi connectivity index (χ2v) is 7.27. The van der Waals surface area contributed by atoms with Gasteiger partial charge in [0.15, 0.2) is 10.9 Å². The Morgan fingerprint density at radius 2 is 1.96 bits per heavy atom. The molecule has 0 spiro atoms. The molecule has 3 rings (SSSR count). The number of ether oxygens (including phenoxy) is 1. The van der Waals surface area contributed by atoms with Crippen molar-refractivity contribution >= 4 is 40.4 Å². The number of methoxy groups -OCH3 is 1. The van der Waals surface area contributed by atoms with Crippen molar-refractivity contribution in [3.63, 3.8) is 0 Å². The smallest absolute Gasteiger partial charge is 0.360 e. The van der Waals surface area contributed by atoms with Gasteiger partial charge < -0.3 is 20.1 Å². The van der Waals surface area contributed by atoms with Crippen LogP contribution in [0.5, 0.6) is 0 Å². The molecule has 1 saturated heterocycles. The lowest BCUT2D eigenvalue weighted by Crippen LogP contribution is -2.70. The van der Waals surface area contributed by atoms with Crippen molar-refractivity contribution in [1.82, 2.24) is 10.2 Å². The van der Waals surface area contributed by atoms with Gasteiger partial charge in [0.25, 0.3) is 5.72 Å². The predicted molar refractivity (Wildman–Crippen MR) is 102 cm³/mol. The Bertz CT molecular complexity index is 825. The van der Waals surface area contributed by atoms with Crippen molar-refractivity contribution < 1.29 is 19.4 Å². The van der Waals surface area contributed by atoms with Gasteiger partial charge in [0.2, 0.25) is 0 Å². The van der Waals surface area contributed by atoms with Gasteiger partial charge in [-0.3, -0.25) is 4.79 Å². The molecular formula is C18H18N2O4S2. The van der Waals surface area contributed by atoms with Gasteiger partial charge in [0.1, 0.15) is 5.92 Å². The molecule has 0 amide bonds. The molecule has 0 bridgehead atoms. The number of esters is 1. The molecular weight excluding hydrogens is 372 g/mol. The Balaban J connectivity index is 2.18. The SMILES string of the molecule is COC(=O)[C@]1(O)[C@@H](C(=O)c2cccs2)[C@@H](c2ccccc2)NC(=S)N1C. The van der Waals surface area contributed by atoms with Crippen molar-refractivity contribution in [1.29, 1.82) is 0 Å². The number of ketones is 1. The van der Waals surface area contributed by atoms with E-state index in [2.05, 4.69) is 5.32 Å². The van der Waals surface area contributed by atoms with Gasteiger partial charge >= 0.3 is 5.97 Å². The average molecular weight is 390 g/mol. The van der Waals surface area contributed by atoms with E-state index in [0.29, 0.717) is 4.88 Å². The minimum absolute atomic E-state index is 0.155. The lowest BCUT2D eigenvalue weighted by molar-refractivity contribution is -0.188. The summed E-state index contributed by atoms with van der Waals surface area (Å²) in [6.45, 7) is 0. The number of thiocarbonyl (C=S) groups is 1. The fourth-order valence-corrected chi connectivity index (χ4v) is 4.14. The van der Waals surface area contributed by atoms with Crippen molar-refractivity contribution in [3.8, 4) is 0 Å². The fourth-order valence-electron chi connectivity index (χ4n) is 3.17. The average Bonchev–Trinajstić information content (AvgIpc) is 3.20. The molecule has 2 N–H and O–H groups in total. The summed E-state index contributed by atoms with van der Waals surface area (Å²) < 4.78 is 4.83. The van der Waals surface area contributed by atoms with E-state index in [1.165, 1.54) is 30.4 Å². The first kappa shape index (κ1) is 18.5. The Hall–Kier alpha value is -2.29. The zero-order valence-electron chi connectivity index (χ0n) is 14.2. The van der Waals surface area contributed by atoms with Gasteiger partial charge in [-0.25, -0.2) is 4.79 Å². The summed E-state index contributed by atoms with van der Waals surface area (Å²) in [7, 11) is 2.63. The van der Waals surface area contributed by atoms with E-state index < -0.39 is 23.7 Å². The molecule has 0 aliphatic carbocycles. The topological polar surface area (TPSA) is 78.9 Å². The Kier molecular flexibility index (Phi) is 5.08. The standard InChI is InChI=1S/C18H18N2O4S2/c1-20-17(25)19-14(11-7-4-3-5-8-11)13(18(20,23)16(22)24-2)15(21)12-9-6-10-26-12/h3-10,13-14,23H,1-2H3,(H,19,25)/t13-,14-,18-/m1/s1. The number of thiophene rings is 1. The van der Waals surface area contributed by atoms with E-state index >= 15 is 0 Å². The van der Waals surface area contributed by atoms with Gasteiger partial charge in [0, 0.05) is 7.05 Å². The summed E-state index contributed by atoms with van der Waals surface area (Å²) in [4.78, 5) is 27.5. The van der Waals surface area contributed by atoms with E-state index in [4.69, 9.17) is 17.0 Å². The van der Waals surface area contributed by atoms with Crippen molar-refractivity contribution in [2.75, 3.05) is 14.2 Å². The zero-order chi connectivity index (χ0) is 18.9. The molecule has 0 saturated carbocycles. The molecule has 1 fully saturated rings. The molecule has 26 heavy (non-hydrogen) atoms. The minimum atomic E-state index is -2.22. The number of Topliss-reactive ketones (excluding diaryl/α,β-unsaturated/α-hetero) is 1. The first-order valence-electron chi connectivity index (χ1n) is 7.89. The first-order valence-corrected chi connectivity index (χ1v) is 9.17. The highest BCUT2D eigenvalue weighted by Gasteiger charge is 2.59. The summed E-state index contributed by atoms with van der Waals surface area (Å²) in [6.07, 6.45) is 0. The summed E-state index contributed by atoms with van der Waals surface area (Å²) in [5, 5.41) is 16.4. The number of nitrogens with one attached hydrogen (secondary N) is 1. The van der Waals surface area contributed by atoms with Crippen LogP contribution in [0.4, 0.5) is 0 Å². The van der Waals surface area contributed by atoms with Gasteiger partial charge in [-0.05, 0) is 29.2 Å². The monoisotopic (exact) mass is 390 g/mol. The maximum atomic E-state index is 13.3. The van der Waals surface area contributed by atoms with Gasteiger partial charge in [-0.15, -0.1) is 11.3 Å². The second kappa shape index (κ2) is 7.14. The minimum Gasteiger partial charge on any atom is -0.465 e. The molecule has 0 radical (unpaired) electrons. The van der Waals surface area contributed by atoms with Crippen LogP contribution in [-0.4, -0.2) is 46.8 Å². The molecule has 3 atom stereocenters. The van der Waals surface area contributed by atoms with Crippen LogP contribution in [0.15, 0.2) is 47.8 Å². The molecule has 1 aliphatic heterocycles. The number of nitrogens with zero attached hydrogens (tertiary/aromatic N) is 1. The maximum absolute atomic E-state index is 13.3. The van der Waals surface area contributed by atoms with E-state index in [9.17, 15) is 14.7 Å². The lowest BCUT2D eigenvalue weighted by atomic mass is 9.78. The first-order chi connectivity index (χ1) is 12.4. The summed E-state index contributed by atoms with van der Waals surface area (Å²) in [6, 6.07) is 11.9. The number of hydrogen-bond donors (Lipinski definition) is 2. The van der Waals surface area contributed by atoms with Crippen LogP contribution in [-0.2, 0) is 9.53 Å². The number of aliphatic hydroxyl groups is 1. The van der Waals surface area contributed by atoms with Gasteiger partial charge in [-0.1, -0.05) is 36.4 Å². The Morgan fingerprint density at radius 1 is 1.27 bits per heavy atom. The number of hydrogen-bond acceptors (Lipinski definition) is 6. The third-order valence-corrected chi connectivity index (χ3v) is 5.83. The van der Waals surface area contributed by atoms with Crippen LogP contribution < -0.4 is 5.32 Å². The van der Waals surface area contributed by atoms with Gasteiger partial charge in [0.05, 0.1) is 18.0 Å². The number of likely N-dealkylation sites (N-methyl/N-ethyl adjacent to an activating group) is 1. The second-order valence-electron chi connectivity index (χ2n) is 5.93. The van der Waals surface area contributed by atoms with Crippen molar-refractivity contribution in [3.05, 3.63) is 58.3 Å². The third-order valence-electron chi connectivity index (χ3n) is 4.55. The predicted octanol–water partition coefficient (Wildman–Crippen LogP) is 1.97. The fraction of sp³-hybridized carbons (Fsp3) is 0.278. The molecule has 1 aliphatic rings. The Morgan fingerprint density at radius 3 is 2.54 bits per heavy atom. The highest BCUT2D eigenvalue weighted by atomic mass is 32.1. The van der Waals surface area contributed by atoms with Crippen LogP contribution in [0.2, 0.25) is 0 Å². The largest absolute Gasteiger partial charge is 0.465 e. The third kappa shape index (κ3) is 2.90. The molecule has 8 heteroatoms. The number of rotatable bonds is 4. The van der Waals surface area contributed by atoms with E-state index in [1.807, 2.05) is 30.3 Å². The summed E-state index contributed by atoms with van der Waals surface area (Å²) >= 11 is 6.55. The maximum Gasteiger partial charge on any atom is 0.360 e. The highest BCUT2D eigenvalue weighted by molar-refractivity contribution is 7.80. The highest BCUT2D eigenvalue weighted by Crippen LogP contribution is 2.40. The van der Waals surface area contributed by atoms with Crippen LogP contribution in [0.25, 0.3) is 0 Å². The molecule has 1 aromatic carbocycles. The van der Waals surface area contributed by atoms with Crippen molar-refractivity contribution in [2.24, 2.45) is 5.92 Å². The van der Waals surface area contributed by atoms with E-state index in [0.717, 1.165) is 5.56 Å². The van der Waals surface area contributed by atoms with Crippen molar-refractivity contribution in [2.45, 2.75) is 11.8 Å². The molecule has 1 aromatic heterocycles. The van der Waals surface area contributed by atoms with Crippen LogP contribution in [0, 0.1) is 5.92 Å². The number of benzene rings is 1. The molecule has 2 aromatic rings. The molecule has 136 valence electrons. The summed E-state index contributed by atoms with van der Waals surface area (Å²) in [5.41, 5.74) is -1.49. The molecule has 6 nitrogen and oxygen atoms in total. The van der Waals surface area contributed by atoms with E-state index in [-0.39, 0.29) is 10.9 Å². The molecule has 0 unspecified atom stereocenters. The lowest BCUT2D eigenvalue weighted by Gasteiger charge is -2.48. The zero-order valence-corrected chi connectivity index (χ0v) is 15.8. The quantitative estimate of drug-likeness (QED) is 0.469. The Labute approximate surface area is 160 Å². The van der Waals surface area contributed by atoms with Crippen LogP contribution >= 0.6 is 23.6 Å². The van der Waals surface area contributed by atoms with Gasteiger partial charge in [-0.2, -0.15) is 0 Å². The van der Waals surface area contributed by atoms with Crippen LogP contribution in [0.1, 0.15) is 21.3 Å². The normalized spacial score (nSPS) is 25.5. The van der Waals surface area contributed by atoms with E-state index in [1.54, 1.807) is 17.5 Å². The van der Waals surface area contributed by atoms with Crippen LogP contribution in [0.3, 0.4) is 0 Å². The number of carbonyl (C=O) groups is 2. The number of carbonyl (C=O) groups excluding carboxylic acids is 2.